The van der Waals surface area contributed by atoms with E-state index in [9.17, 15) is 62.7 Å². The summed E-state index contributed by atoms with van der Waals surface area (Å²) >= 11 is 0. The highest BCUT2D eigenvalue weighted by molar-refractivity contribution is 6.07. The summed E-state index contributed by atoms with van der Waals surface area (Å²) in [4.78, 5) is 47.6. The number of aryl methyl sites for hydroxylation is 1. The molecule has 0 saturated heterocycles. The van der Waals surface area contributed by atoms with Crippen molar-refractivity contribution >= 4 is 46.3 Å². The second kappa shape index (κ2) is 16.6. The monoisotopic (exact) mass is 825 g/mol. The molecule has 0 unspecified atom stereocenters. The summed E-state index contributed by atoms with van der Waals surface area (Å²) in [6.45, 7) is -1.13. The van der Waals surface area contributed by atoms with Gasteiger partial charge in [0, 0.05) is 36.6 Å². The van der Waals surface area contributed by atoms with Gasteiger partial charge in [0.25, 0.3) is 5.91 Å². The minimum atomic E-state index is -7.66. The molecule has 3 N–H and O–H groups in total. The molecule has 2 aromatic heterocycles. The number of anilines is 2. The number of pyridine rings is 1. The van der Waals surface area contributed by atoms with Gasteiger partial charge in [-0.05, 0) is 61.5 Å². The molecule has 2 aromatic carbocycles. The maximum absolute atomic E-state index is 13.8. The number of carbonyl (C=O) groups excluding carboxylic acids is 3. The normalized spacial score (nSPS) is 12.6. The number of halogens is 11. The summed E-state index contributed by atoms with van der Waals surface area (Å²) in [5.74, 6) is -30.1. The number of rotatable bonds is 15. The van der Waals surface area contributed by atoms with Crippen molar-refractivity contribution in [2.24, 2.45) is 7.05 Å². The van der Waals surface area contributed by atoms with Gasteiger partial charge in [0.05, 0.1) is 30.6 Å². The number of amides is 2. The highest BCUT2D eigenvalue weighted by Crippen LogP contribution is 2.57. The number of fused-ring (bicyclic) bond motifs is 1. The van der Waals surface area contributed by atoms with E-state index in [1.54, 1.807) is 54.9 Å². The summed E-state index contributed by atoms with van der Waals surface area (Å²) < 4.78 is 155. The van der Waals surface area contributed by atoms with Gasteiger partial charge in [0.1, 0.15) is 17.5 Å². The molecule has 4 rings (SSSR count). The van der Waals surface area contributed by atoms with Crippen LogP contribution in [-0.4, -0.2) is 88.0 Å². The molecule has 0 aliphatic carbocycles. The average molecular weight is 826 g/mol. The highest BCUT2D eigenvalue weighted by Gasteiger charge is 2.87. The van der Waals surface area contributed by atoms with Crippen LogP contribution in [0, 0.1) is 5.41 Å². The molecule has 4 aromatic rings. The molecule has 2 heterocycles. The minimum absolute atomic E-state index is 0.00457. The third kappa shape index (κ3) is 9.17. The summed E-state index contributed by atoms with van der Waals surface area (Å²) in [7, 11) is 1.71. The van der Waals surface area contributed by atoms with Gasteiger partial charge in [-0.2, -0.15) is 48.3 Å². The molecular formula is C34H30F11N7O5. The lowest BCUT2D eigenvalue weighted by Crippen LogP contribution is -2.67. The predicted molar refractivity (Wildman–Crippen MR) is 179 cm³/mol. The third-order valence-electron chi connectivity index (χ3n) is 8.08. The van der Waals surface area contributed by atoms with Crippen LogP contribution in [0.1, 0.15) is 35.1 Å². The fourth-order valence-electron chi connectivity index (χ4n) is 4.96. The number of amidine groups is 1. The van der Waals surface area contributed by atoms with E-state index in [1.807, 2.05) is 0 Å². The Kier molecular flexibility index (Phi) is 12.7. The first-order valence-corrected chi connectivity index (χ1v) is 16.2. The largest absolute Gasteiger partial charge is 0.466 e. The molecule has 0 aliphatic rings. The van der Waals surface area contributed by atoms with Crippen LogP contribution < -0.4 is 15.5 Å². The maximum atomic E-state index is 13.8. The van der Waals surface area contributed by atoms with Crippen LogP contribution in [0.2, 0.25) is 0 Å². The molecule has 2 amide bonds. The van der Waals surface area contributed by atoms with Gasteiger partial charge in [-0.3, -0.25) is 25.2 Å². The molecule has 12 nitrogen and oxygen atoms in total. The van der Waals surface area contributed by atoms with E-state index in [-0.39, 0.29) is 37.2 Å². The molecule has 308 valence electrons. The van der Waals surface area contributed by atoms with Gasteiger partial charge >= 0.3 is 41.9 Å². The van der Waals surface area contributed by atoms with Crippen molar-refractivity contribution < 1.29 is 72.2 Å². The number of aromatic nitrogens is 3. The lowest BCUT2D eigenvalue weighted by atomic mass is 9.98. The van der Waals surface area contributed by atoms with Crippen LogP contribution in [0.5, 0.6) is 0 Å². The van der Waals surface area contributed by atoms with Gasteiger partial charge < -0.3 is 19.4 Å². The molecule has 0 saturated carbocycles. The van der Waals surface area contributed by atoms with E-state index in [0.29, 0.717) is 28.4 Å². The Balaban J connectivity index is 1.37. The van der Waals surface area contributed by atoms with Crippen molar-refractivity contribution in [2.45, 2.75) is 49.8 Å². The van der Waals surface area contributed by atoms with Crippen LogP contribution in [-0.2, 0) is 27.9 Å². The fraction of sp³-hybridized carbons (Fsp3) is 0.353. The SMILES string of the molecule is CCOC(=O)CCN(C(=O)c1ccc2c(c1)nc(CNc1ccc(C(=N)NC(=O)OCC(F)(F)C(F)(F)C(F)(F)C(F)(F)C(F)(F)F)cc1)n2C)c1ccccn1. The molecular weight excluding hydrogens is 795 g/mol. The predicted octanol–water partition coefficient (Wildman–Crippen LogP) is 7.34. The molecule has 0 atom stereocenters. The van der Waals surface area contributed by atoms with Gasteiger partial charge in [-0.25, -0.2) is 14.8 Å². The number of esters is 1. The smallest absolute Gasteiger partial charge is 0.460 e. The van der Waals surface area contributed by atoms with Crippen molar-refractivity contribution in [3.8, 4) is 0 Å². The topological polar surface area (TPSA) is 152 Å². The summed E-state index contributed by atoms with van der Waals surface area (Å²) in [5, 5.41) is 12.4. The Hall–Kier alpha value is -6.03. The second-order valence-corrected chi connectivity index (χ2v) is 11.9. The Morgan fingerprint density at radius 3 is 2.09 bits per heavy atom. The Morgan fingerprint density at radius 2 is 1.49 bits per heavy atom. The van der Waals surface area contributed by atoms with Crippen molar-refractivity contribution in [2.75, 3.05) is 30.0 Å². The molecule has 23 heteroatoms. The summed E-state index contributed by atoms with van der Waals surface area (Å²) in [6, 6.07) is 14.9. The zero-order valence-corrected chi connectivity index (χ0v) is 29.4. The minimum Gasteiger partial charge on any atom is -0.466 e. The van der Waals surface area contributed by atoms with Gasteiger partial charge in [-0.1, -0.05) is 6.07 Å². The number of hydrogen-bond acceptors (Lipinski definition) is 9. The van der Waals surface area contributed by atoms with Crippen molar-refractivity contribution in [3.63, 3.8) is 0 Å². The first-order valence-electron chi connectivity index (χ1n) is 16.2. The molecule has 57 heavy (non-hydrogen) atoms. The van der Waals surface area contributed by atoms with Crippen molar-refractivity contribution in [1.82, 2.24) is 19.9 Å². The first kappa shape index (κ1) is 43.7. The van der Waals surface area contributed by atoms with Crippen LogP contribution >= 0.6 is 0 Å². The lowest BCUT2D eigenvalue weighted by molar-refractivity contribution is -0.423. The number of nitrogens with zero attached hydrogens (tertiary/aromatic N) is 4. The van der Waals surface area contributed by atoms with Gasteiger partial charge in [-0.15, -0.1) is 0 Å². The fourth-order valence-corrected chi connectivity index (χ4v) is 4.96. The second-order valence-electron chi connectivity index (χ2n) is 11.9. The zero-order valence-electron chi connectivity index (χ0n) is 29.4. The summed E-state index contributed by atoms with van der Waals surface area (Å²) in [6.07, 6.45) is -8.05. The number of alkyl carbamates (subject to hydrolysis) is 1. The van der Waals surface area contributed by atoms with Crippen molar-refractivity contribution in [1.29, 1.82) is 5.41 Å². The lowest BCUT2D eigenvalue weighted by Gasteiger charge is -2.36. The third-order valence-corrected chi connectivity index (χ3v) is 8.08. The van der Waals surface area contributed by atoms with E-state index >= 15 is 0 Å². The Bertz CT molecular complexity index is 2100. The number of benzene rings is 2. The number of carbonyl (C=O) groups is 3. The van der Waals surface area contributed by atoms with Crippen LogP contribution in [0.25, 0.3) is 11.0 Å². The van der Waals surface area contributed by atoms with E-state index in [1.165, 1.54) is 40.7 Å². The van der Waals surface area contributed by atoms with Gasteiger partial charge in [0.2, 0.25) is 0 Å². The maximum Gasteiger partial charge on any atom is 0.460 e. The standard InChI is InChI=1S/C34H30F11N7O5/c1-3-56-26(53)13-15-52(24-6-4-5-14-47-24)28(54)20-9-12-23-22(16-20)49-25(51(23)2)17-48-21-10-7-19(8-11-21)27(46)50-29(55)57-18-30(35,36)31(37,38)32(39,40)33(41,42)34(43,44)45/h4-12,14,16,48H,3,13,15,17-18H2,1-2H3,(H2,46,50,55). The number of hydrogen-bond donors (Lipinski definition) is 3. The van der Waals surface area contributed by atoms with E-state index in [4.69, 9.17) is 10.1 Å². The molecule has 0 radical (unpaired) electrons. The average Bonchev–Trinajstić information content (AvgIpc) is 3.47. The van der Waals surface area contributed by atoms with Gasteiger partial charge in [0.15, 0.2) is 6.61 Å². The van der Waals surface area contributed by atoms with E-state index in [2.05, 4.69) is 20.0 Å². The zero-order chi connectivity index (χ0) is 42.6. The van der Waals surface area contributed by atoms with Crippen LogP contribution in [0.3, 0.4) is 0 Å². The summed E-state index contributed by atoms with van der Waals surface area (Å²) in [5.41, 5.74) is 1.61. The van der Waals surface area contributed by atoms with Crippen LogP contribution in [0.15, 0.2) is 66.9 Å². The Labute approximate surface area is 314 Å². The quantitative estimate of drug-likeness (QED) is 0.0488. The van der Waals surface area contributed by atoms with Crippen molar-refractivity contribution in [3.05, 3.63) is 83.8 Å². The molecule has 0 aliphatic heterocycles. The highest BCUT2D eigenvalue weighted by atomic mass is 19.4. The number of imidazole rings is 1. The first-order chi connectivity index (χ1) is 26.4. The van der Waals surface area contributed by atoms with E-state index in [0.717, 1.165) is 0 Å². The molecule has 0 fully saturated rings. The Morgan fingerprint density at radius 1 is 0.842 bits per heavy atom. The number of alkyl halides is 11. The molecule has 0 bridgehead atoms. The van der Waals surface area contributed by atoms with Crippen LogP contribution in [0.4, 0.5) is 64.6 Å². The number of nitrogens with one attached hydrogen (secondary N) is 3. The molecule has 0 spiro atoms. The number of ether oxygens (including phenoxy) is 2. The van der Waals surface area contributed by atoms with E-state index < -0.39 is 60.3 Å².